The molecule has 4 heteroatoms. The summed E-state index contributed by atoms with van der Waals surface area (Å²) in [6, 6.07) is 0. The molecule has 0 aromatic carbocycles. The molecule has 7 aliphatic rings. The Bertz CT molecular complexity index is 740. The quantitative estimate of drug-likeness (QED) is 0.596. The lowest BCUT2D eigenvalue weighted by Gasteiger charge is -2.65. The molecule has 4 nitrogen and oxygen atoms in total. The molecule has 28 heavy (non-hydrogen) atoms. The first-order valence-electron chi connectivity index (χ1n) is 12.0. The number of rotatable bonds is 0. The smallest absolute Gasteiger partial charge is 0.155 e. The number of aliphatic hydroxyl groups is 3. The first kappa shape index (κ1) is 17.5. The second-order valence-electron chi connectivity index (χ2n) is 12.4. The Balaban J connectivity index is 1.31. The fourth-order valence-corrected chi connectivity index (χ4v) is 10.7. The van der Waals surface area contributed by atoms with Crippen LogP contribution < -0.4 is 0 Å². The highest BCUT2D eigenvalue weighted by atomic mass is 16.6. The van der Waals surface area contributed by atoms with Gasteiger partial charge in [-0.05, 0) is 91.8 Å². The van der Waals surface area contributed by atoms with E-state index in [1.54, 1.807) is 0 Å². The topological polar surface area (TPSA) is 69.9 Å². The van der Waals surface area contributed by atoms with Crippen molar-refractivity contribution < 1.29 is 20.1 Å². The lowest BCUT2D eigenvalue weighted by Crippen LogP contribution is -2.65. The van der Waals surface area contributed by atoms with E-state index >= 15 is 0 Å². The van der Waals surface area contributed by atoms with E-state index in [0.29, 0.717) is 36.0 Å². The monoisotopic (exact) mass is 388 g/mol. The number of hydrogen-bond acceptors (Lipinski definition) is 4. The molecule has 0 amide bonds. The predicted octanol–water partition coefficient (Wildman–Crippen LogP) is 3.08. The molecule has 0 aromatic rings. The van der Waals surface area contributed by atoms with Crippen molar-refractivity contribution in [1.29, 1.82) is 0 Å². The summed E-state index contributed by atoms with van der Waals surface area (Å²) in [6.45, 7) is 4.88. The van der Waals surface area contributed by atoms with E-state index in [1.807, 2.05) is 0 Å². The SMILES string of the molecule is C[C@]12CC[C@H]3[C@@H]([C@H]4C[C@H]4[C@]4(O)C[C@@H](O)CC[C@]34C)[C@@H]1[C@@H]1C[C@@H]1[C@@]21CCC(O)O1. The summed E-state index contributed by atoms with van der Waals surface area (Å²) in [6.07, 6.45) is 8.25. The molecule has 0 aromatic heterocycles. The summed E-state index contributed by atoms with van der Waals surface area (Å²) in [4.78, 5) is 0. The van der Waals surface area contributed by atoms with Crippen LogP contribution in [0.5, 0.6) is 0 Å². The van der Waals surface area contributed by atoms with E-state index in [-0.39, 0.29) is 22.5 Å². The number of hydrogen-bond donors (Lipinski definition) is 3. The van der Waals surface area contributed by atoms with Gasteiger partial charge in [0.05, 0.1) is 17.3 Å². The third-order valence-electron chi connectivity index (χ3n) is 11.9. The van der Waals surface area contributed by atoms with Crippen molar-refractivity contribution in [3.05, 3.63) is 0 Å². The van der Waals surface area contributed by atoms with Crippen molar-refractivity contribution in [2.45, 2.75) is 95.2 Å². The van der Waals surface area contributed by atoms with Crippen molar-refractivity contribution in [3.63, 3.8) is 0 Å². The van der Waals surface area contributed by atoms with Gasteiger partial charge in [-0.1, -0.05) is 13.8 Å². The Kier molecular flexibility index (Phi) is 3.03. The predicted molar refractivity (Wildman–Crippen MR) is 103 cm³/mol. The Hall–Kier alpha value is -0.160. The minimum Gasteiger partial charge on any atom is -0.393 e. The summed E-state index contributed by atoms with van der Waals surface area (Å²) in [5.74, 6) is 4.53. The zero-order valence-corrected chi connectivity index (χ0v) is 17.3. The third kappa shape index (κ3) is 1.67. The van der Waals surface area contributed by atoms with Crippen molar-refractivity contribution in [2.24, 2.45) is 52.3 Å². The van der Waals surface area contributed by atoms with Gasteiger partial charge in [0.15, 0.2) is 6.29 Å². The molecule has 7 rings (SSSR count). The molecule has 1 aliphatic heterocycles. The molecule has 1 heterocycles. The molecule has 6 saturated carbocycles. The molecule has 0 bridgehead atoms. The maximum Gasteiger partial charge on any atom is 0.155 e. The van der Waals surface area contributed by atoms with Crippen LogP contribution in [0.2, 0.25) is 0 Å². The Labute approximate surface area is 168 Å². The third-order valence-corrected chi connectivity index (χ3v) is 11.9. The molecule has 0 radical (unpaired) electrons. The van der Waals surface area contributed by atoms with Gasteiger partial charge < -0.3 is 20.1 Å². The summed E-state index contributed by atoms with van der Waals surface area (Å²) in [7, 11) is 0. The van der Waals surface area contributed by atoms with Crippen LogP contribution in [0.15, 0.2) is 0 Å². The normalized spacial score (nSPS) is 71.2. The van der Waals surface area contributed by atoms with Gasteiger partial charge >= 0.3 is 0 Å². The fourth-order valence-electron chi connectivity index (χ4n) is 10.7. The van der Waals surface area contributed by atoms with Crippen LogP contribution in [-0.2, 0) is 4.74 Å². The van der Waals surface area contributed by atoms with Gasteiger partial charge in [0, 0.05) is 18.3 Å². The fraction of sp³-hybridized carbons (Fsp3) is 1.00. The maximum atomic E-state index is 11.9. The second-order valence-corrected chi connectivity index (χ2v) is 12.4. The Morgan fingerprint density at radius 2 is 1.57 bits per heavy atom. The van der Waals surface area contributed by atoms with Gasteiger partial charge in [-0.25, -0.2) is 0 Å². The molecule has 156 valence electrons. The zero-order valence-electron chi connectivity index (χ0n) is 17.3. The number of aliphatic hydroxyl groups excluding tert-OH is 2. The van der Waals surface area contributed by atoms with Crippen LogP contribution in [0, 0.1) is 52.3 Å². The van der Waals surface area contributed by atoms with Crippen LogP contribution >= 0.6 is 0 Å². The number of ether oxygens (including phenoxy) is 1. The van der Waals surface area contributed by atoms with Crippen molar-refractivity contribution >= 4 is 0 Å². The maximum absolute atomic E-state index is 11.9. The first-order chi connectivity index (χ1) is 13.3. The highest BCUT2D eigenvalue weighted by Gasteiger charge is 2.82. The van der Waals surface area contributed by atoms with E-state index < -0.39 is 11.9 Å². The van der Waals surface area contributed by atoms with Crippen molar-refractivity contribution in [3.8, 4) is 0 Å². The highest BCUT2D eigenvalue weighted by Crippen LogP contribution is 2.83. The first-order valence-corrected chi connectivity index (χ1v) is 12.0. The van der Waals surface area contributed by atoms with Crippen LogP contribution in [0.1, 0.15) is 71.6 Å². The number of fused-ring (bicyclic) bond motifs is 12. The highest BCUT2D eigenvalue weighted by molar-refractivity contribution is 5.30. The van der Waals surface area contributed by atoms with E-state index in [4.69, 9.17) is 4.74 Å². The molecule has 3 N–H and O–H groups in total. The van der Waals surface area contributed by atoms with Crippen molar-refractivity contribution in [1.82, 2.24) is 0 Å². The molecule has 1 saturated heterocycles. The van der Waals surface area contributed by atoms with E-state index in [2.05, 4.69) is 13.8 Å². The molecular formula is C24H36O4. The average molecular weight is 389 g/mol. The lowest BCUT2D eigenvalue weighted by molar-refractivity contribution is -0.247. The van der Waals surface area contributed by atoms with Gasteiger partial charge in [0.1, 0.15) is 0 Å². The van der Waals surface area contributed by atoms with E-state index in [0.717, 1.165) is 37.5 Å². The summed E-state index contributed by atoms with van der Waals surface area (Å²) < 4.78 is 6.40. The van der Waals surface area contributed by atoms with Gasteiger partial charge in [-0.2, -0.15) is 0 Å². The minimum atomic E-state index is -0.649. The molecule has 6 aliphatic carbocycles. The van der Waals surface area contributed by atoms with Gasteiger partial charge in [-0.15, -0.1) is 0 Å². The molecule has 7 fully saturated rings. The van der Waals surface area contributed by atoms with Crippen LogP contribution in [-0.4, -0.2) is 38.9 Å². The minimum absolute atomic E-state index is 0.0356. The zero-order chi connectivity index (χ0) is 19.3. The summed E-state index contributed by atoms with van der Waals surface area (Å²) in [5.41, 5.74) is -0.559. The van der Waals surface area contributed by atoms with Crippen LogP contribution in [0.25, 0.3) is 0 Å². The summed E-state index contributed by atoms with van der Waals surface area (Å²) in [5, 5.41) is 32.5. The Morgan fingerprint density at radius 1 is 0.821 bits per heavy atom. The van der Waals surface area contributed by atoms with Gasteiger partial charge in [0.2, 0.25) is 0 Å². The van der Waals surface area contributed by atoms with E-state index in [1.165, 1.54) is 25.7 Å². The van der Waals surface area contributed by atoms with E-state index in [9.17, 15) is 15.3 Å². The Morgan fingerprint density at radius 3 is 2.32 bits per heavy atom. The molecule has 1 unspecified atom stereocenters. The molecular weight excluding hydrogens is 352 g/mol. The van der Waals surface area contributed by atoms with Crippen LogP contribution in [0.3, 0.4) is 0 Å². The average Bonchev–Trinajstić information content (AvgIpc) is 3.54. The molecule has 1 spiro atoms. The van der Waals surface area contributed by atoms with Crippen molar-refractivity contribution in [2.75, 3.05) is 0 Å². The summed E-state index contributed by atoms with van der Waals surface area (Å²) >= 11 is 0. The molecule has 13 atom stereocenters. The second kappa shape index (κ2) is 4.84. The largest absolute Gasteiger partial charge is 0.393 e. The van der Waals surface area contributed by atoms with Gasteiger partial charge in [0.25, 0.3) is 0 Å². The lowest BCUT2D eigenvalue weighted by atomic mass is 9.42. The van der Waals surface area contributed by atoms with Crippen LogP contribution in [0.4, 0.5) is 0 Å². The standard InChI is InChI=1S/C24H36O4/c1-21-6-3-12(25)11-23(21,27)16-9-13(16)19-15(21)4-7-22(2)20(19)14-10-17(14)24(22)8-5-18(26)28-24/h12-20,25-27H,3-11H2,1-2H3/t12-,13-,14+,15-,16+,17-,18?,19+,20-,21+,22-,23+,24-/m0/s1. The van der Waals surface area contributed by atoms with Gasteiger partial charge in [-0.3, -0.25) is 0 Å².